The molecule has 15 heteroatoms. The van der Waals surface area contributed by atoms with E-state index in [0.29, 0.717) is 43.1 Å². The van der Waals surface area contributed by atoms with E-state index < -0.39 is 28.8 Å². The average Bonchev–Trinajstić information content (AvgIpc) is 4.28. The third-order valence-corrected chi connectivity index (χ3v) is 14.8. The summed E-state index contributed by atoms with van der Waals surface area (Å²) in [5.41, 5.74) is 4.98. The van der Waals surface area contributed by atoms with Crippen LogP contribution in [0, 0.1) is 27.9 Å². The van der Waals surface area contributed by atoms with E-state index >= 15 is 4.79 Å². The molecule has 1 saturated carbocycles. The fourth-order valence-corrected chi connectivity index (χ4v) is 11.2. The average molecular weight is 1010 g/mol. The zero-order chi connectivity index (χ0) is 51.3. The molecule has 1 amide bonds. The predicted molar refractivity (Wildman–Crippen MR) is 282 cm³/mol. The van der Waals surface area contributed by atoms with Gasteiger partial charge in [-0.2, -0.15) is 0 Å². The number of benzene rings is 5. The Balaban J connectivity index is 1.19. The van der Waals surface area contributed by atoms with E-state index in [-0.39, 0.29) is 76.0 Å². The first kappa shape index (κ1) is 52.3. The second-order valence-corrected chi connectivity index (χ2v) is 19.6. The van der Waals surface area contributed by atoms with Crippen molar-refractivity contribution >= 4 is 28.3 Å². The number of unbranched alkanes of at least 4 members (excludes halogenated alkanes) is 2. The van der Waals surface area contributed by atoms with Crippen molar-refractivity contribution in [3.05, 3.63) is 172 Å². The van der Waals surface area contributed by atoms with Gasteiger partial charge in [0.25, 0.3) is 5.69 Å². The Kier molecular flexibility index (Phi) is 17.7. The summed E-state index contributed by atoms with van der Waals surface area (Å²) >= 11 is 0. The zero-order valence-corrected chi connectivity index (χ0v) is 42.0. The molecule has 2 N–H and O–H groups in total. The number of aliphatic hydroxyl groups excluding tert-OH is 2. The van der Waals surface area contributed by atoms with E-state index in [1.165, 1.54) is 12.1 Å². The first-order valence-corrected chi connectivity index (χ1v) is 26.1. The van der Waals surface area contributed by atoms with Crippen LogP contribution in [-0.2, 0) is 38.8 Å². The van der Waals surface area contributed by atoms with Crippen LogP contribution in [0.2, 0.25) is 0 Å². The molecule has 0 spiro atoms. The number of oxime groups is 1. The number of nitrogens with zero attached hydrogens (tertiary/aromatic N) is 4. The number of non-ortho nitro benzene ring substituents is 1. The van der Waals surface area contributed by atoms with Crippen LogP contribution in [-0.4, -0.2) is 108 Å². The number of carbonyl (C=O) groups is 1. The van der Waals surface area contributed by atoms with Gasteiger partial charge in [0.15, 0.2) is 0 Å². The number of amides is 1. The fraction of sp³-hybridized carbons (Fsp3) is 0.424. The molecule has 0 aromatic heterocycles. The van der Waals surface area contributed by atoms with Gasteiger partial charge in [0.1, 0.15) is 37.4 Å². The number of allylic oxidation sites excluding steroid dienone is 1. The van der Waals surface area contributed by atoms with Crippen molar-refractivity contribution in [3.63, 3.8) is 0 Å². The maximum atomic E-state index is 15.3. The fourth-order valence-electron chi connectivity index (χ4n) is 11.2. The molecule has 0 bridgehead atoms. The van der Waals surface area contributed by atoms with Crippen molar-refractivity contribution in [2.75, 3.05) is 59.3 Å². The first-order valence-electron chi connectivity index (χ1n) is 26.1. The van der Waals surface area contributed by atoms with Gasteiger partial charge in [-0.25, -0.2) is 4.79 Å². The Morgan fingerprint density at radius 3 is 2.41 bits per heavy atom. The normalized spacial score (nSPS) is 22.2. The van der Waals surface area contributed by atoms with E-state index in [0.717, 1.165) is 84.1 Å². The topological polar surface area (TPSA) is 175 Å². The highest BCUT2D eigenvalue weighted by Gasteiger charge is 2.66. The molecule has 2 aliphatic heterocycles. The van der Waals surface area contributed by atoms with Crippen LogP contribution in [0.1, 0.15) is 73.1 Å². The van der Waals surface area contributed by atoms with Gasteiger partial charge >= 0.3 is 6.09 Å². The molecular weight excluding hydrogens is 941 g/mol. The van der Waals surface area contributed by atoms with Crippen LogP contribution in [0.4, 0.5) is 10.5 Å². The number of ether oxygens (including phenoxy) is 5. The van der Waals surface area contributed by atoms with Crippen LogP contribution < -0.4 is 9.47 Å². The van der Waals surface area contributed by atoms with E-state index in [4.69, 9.17) is 33.7 Å². The van der Waals surface area contributed by atoms with Crippen LogP contribution in [0.5, 0.6) is 11.5 Å². The molecule has 5 aromatic rings. The lowest BCUT2D eigenvalue weighted by Crippen LogP contribution is -2.70. The van der Waals surface area contributed by atoms with Gasteiger partial charge in [0.05, 0.1) is 42.9 Å². The molecule has 4 aliphatic rings. The summed E-state index contributed by atoms with van der Waals surface area (Å²) in [6.45, 7) is 8.44. The highest BCUT2D eigenvalue weighted by Crippen LogP contribution is 2.62. The first-order chi connectivity index (χ1) is 36.3. The molecule has 5 aromatic carbocycles. The summed E-state index contributed by atoms with van der Waals surface area (Å²) in [7, 11) is 0. The summed E-state index contributed by atoms with van der Waals surface area (Å²) in [6.07, 6.45) is 7.90. The summed E-state index contributed by atoms with van der Waals surface area (Å²) in [4.78, 5) is 36.7. The van der Waals surface area contributed by atoms with E-state index in [9.17, 15) is 20.3 Å². The largest absolute Gasteiger partial charge is 0.492 e. The quantitative estimate of drug-likeness (QED) is 0.0168. The van der Waals surface area contributed by atoms with Crippen LogP contribution in [0.25, 0.3) is 10.8 Å². The molecule has 6 unspecified atom stereocenters. The minimum atomic E-state index is -1.55. The molecule has 2 fully saturated rings. The SMILES string of the molecule is C=CCOC12Oc3ccc(OCCN4CC4)cc3C3C(CCCCO)C(CCCCO)C=C(C(=NOCc4ccc([N+](=O)[O-])cc4)CC1N(Cc1cccc4ccccc14)C(=O)OCCOCc1ccccc1)C32. The molecule has 9 rings (SSSR count). The highest BCUT2D eigenvalue weighted by atomic mass is 16.7. The standard InChI is InChI=1S/C59H68N4O11/c1-2-32-72-59-55(62(39-46-18-12-17-44-15-6-7-19-49(44)46)58(66)71-35-34-69-40-42-13-4-3-5-14-42)38-53(60-73-41-43-21-23-47(24-22-43)63(67)68)51-36-45(16-8-10-30-64)50(20-9-11-31-65)56(57(51)59)52-37-48(25-26-54(52)74-59)70-33-29-61-27-28-61/h2-7,12-15,17-19,21-26,36-37,45,50,55-57,64-65H,1,8-11,16,20,27-35,38-41H2. The number of hydrogen-bond donors (Lipinski definition) is 2. The van der Waals surface area contributed by atoms with Gasteiger partial charge in [-0.05, 0) is 101 Å². The van der Waals surface area contributed by atoms with Crippen molar-refractivity contribution < 1.29 is 48.5 Å². The van der Waals surface area contributed by atoms with E-state index in [2.05, 4.69) is 29.7 Å². The molecule has 74 heavy (non-hydrogen) atoms. The number of aliphatic hydroxyl groups is 2. The molecule has 390 valence electrons. The van der Waals surface area contributed by atoms with Crippen molar-refractivity contribution in [2.45, 2.75) is 82.5 Å². The molecule has 2 aliphatic carbocycles. The van der Waals surface area contributed by atoms with Crippen LogP contribution in [0.3, 0.4) is 0 Å². The summed E-state index contributed by atoms with van der Waals surface area (Å²) in [5.74, 6) is -1.05. The third-order valence-electron chi connectivity index (χ3n) is 14.8. The minimum absolute atomic E-state index is 0.00238. The second kappa shape index (κ2) is 25.1. The molecular formula is C59H68N4O11. The van der Waals surface area contributed by atoms with Crippen molar-refractivity contribution in [1.82, 2.24) is 9.80 Å². The second-order valence-electron chi connectivity index (χ2n) is 19.6. The number of nitro groups is 1. The van der Waals surface area contributed by atoms with Gasteiger partial charge < -0.3 is 38.7 Å². The number of hydrogen-bond acceptors (Lipinski definition) is 13. The van der Waals surface area contributed by atoms with Crippen molar-refractivity contribution in [1.29, 1.82) is 0 Å². The monoisotopic (exact) mass is 1010 g/mol. The lowest BCUT2D eigenvalue weighted by molar-refractivity contribution is -0.384. The van der Waals surface area contributed by atoms with Gasteiger partial charge in [0, 0.05) is 62.9 Å². The van der Waals surface area contributed by atoms with E-state index in [1.54, 1.807) is 23.1 Å². The molecule has 1 saturated heterocycles. The lowest BCUT2D eigenvalue weighted by atomic mass is 9.55. The van der Waals surface area contributed by atoms with Crippen molar-refractivity contribution in [2.24, 2.45) is 22.9 Å². The Hall–Kier alpha value is -6.62. The molecule has 6 atom stereocenters. The smallest absolute Gasteiger partial charge is 0.410 e. The van der Waals surface area contributed by atoms with Gasteiger partial charge in [0.2, 0.25) is 5.79 Å². The van der Waals surface area contributed by atoms with Crippen molar-refractivity contribution in [3.8, 4) is 11.5 Å². The maximum absolute atomic E-state index is 15.3. The zero-order valence-electron chi connectivity index (χ0n) is 42.0. The molecule has 0 radical (unpaired) electrons. The van der Waals surface area contributed by atoms with Gasteiger partial charge in [-0.15, -0.1) is 6.58 Å². The number of fused-ring (bicyclic) bond motifs is 3. The lowest BCUT2D eigenvalue weighted by Gasteiger charge is -2.60. The minimum Gasteiger partial charge on any atom is -0.492 e. The summed E-state index contributed by atoms with van der Waals surface area (Å²) < 4.78 is 33.5. The van der Waals surface area contributed by atoms with Gasteiger partial charge in [-0.1, -0.05) is 103 Å². The Morgan fingerprint density at radius 1 is 0.878 bits per heavy atom. The Labute approximate surface area is 433 Å². The van der Waals surface area contributed by atoms with Gasteiger partial charge in [-0.3, -0.25) is 19.9 Å². The molecule has 15 nitrogen and oxygen atoms in total. The number of nitro benzene ring substituents is 1. The summed E-state index contributed by atoms with van der Waals surface area (Å²) in [6, 6.07) is 35.3. The Bertz CT molecular complexity index is 2740. The third kappa shape index (κ3) is 12.3. The maximum Gasteiger partial charge on any atom is 0.410 e. The summed E-state index contributed by atoms with van der Waals surface area (Å²) in [5, 5.41) is 38.7. The van der Waals surface area contributed by atoms with Crippen LogP contribution in [0.15, 0.2) is 145 Å². The predicted octanol–water partition coefficient (Wildman–Crippen LogP) is 10.1. The number of carbonyl (C=O) groups excluding carboxylic acids is 1. The van der Waals surface area contributed by atoms with Crippen LogP contribution >= 0.6 is 0 Å². The molecule has 2 heterocycles. The number of rotatable bonds is 27. The Morgan fingerprint density at radius 2 is 1.64 bits per heavy atom. The highest BCUT2D eigenvalue weighted by molar-refractivity contribution is 6.03. The van der Waals surface area contributed by atoms with E-state index in [1.807, 2.05) is 78.9 Å².